The Morgan fingerprint density at radius 1 is 1.24 bits per heavy atom. The molecule has 0 aromatic carbocycles. The van der Waals surface area contributed by atoms with Gasteiger partial charge < -0.3 is 21.7 Å². The molecule has 2 amide bonds. The van der Waals surface area contributed by atoms with Crippen molar-refractivity contribution in [3.8, 4) is 12.1 Å². The molecule has 2 heterocycles. The van der Waals surface area contributed by atoms with Crippen LogP contribution in [-0.2, 0) is 16.0 Å². The minimum Gasteiger partial charge on any atom is -0.369 e. The average molecular weight is 480 g/mol. The van der Waals surface area contributed by atoms with Gasteiger partial charge in [0.15, 0.2) is 0 Å². The number of thioether (sulfide) groups is 1. The summed E-state index contributed by atoms with van der Waals surface area (Å²) < 4.78 is 0. The van der Waals surface area contributed by atoms with E-state index < -0.39 is 17.1 Å². The third-order valence-electron chi connectivity index (χ3n) is 6.00. The average Bonchev–Trinajstić information content (AvgIpc) is 2.85. The van der Waals surface area contributed by atoms with Crippen molar-refractivity contribution in [1.29, 1.82) is 10.5 Å². The number of nitriles is 2. The van der Waals surface area contributed by atoms with E-state index in [0.29, 0.717) is 47.0 Å². The lowest BCUT2D eigenvalue weighted by Crippen LogP contribution is -2.45. The SMILES string of the molecule is CCc1c(C#N)c(SC(C(N)=O)C2=CCCC=C2)nc(N2CCC(NCC(N)=O)CC2)c1C#N. The molecule has 1 fully saturated rings. The largest absolute Gasteiger partial charge is 0.369 e. The van der Waals surface area contributed by atoms with Gasteiger partial charge in [-0.1, -0.05) is 36.9 Å². The molecule has 1 unspecified atom stereocenters. The van der Waals surface area contributed by atoms with Gasteiger partial charge in [0, 0.05) is 19.1 Å². The fourth-order valence-corrected chi connectivity index (χ4v) is 5.34. The molecule has 0 spiro atoms. The van der Waals surface area contributed by atoms with E-state index in [1.54, 1.807) is 0 Å². The molecule has 2 aliphatic rings. The zero-order valence-electron chi connectivity index (χ0n) is 19.2. The minimum atomic E-state index is -0.676. The molecule has 9 nitrogen and oxygen atoms in total. The normalized spacial score (nSPS) is 16.9. The number of amides is 2. The molecule has 1 atom stereocenters. The quantitative estimate of drug-likeness (QED) is 0.450. The van der Waals surface area contributed by atoms with Crippen molar-refractivity contribution in [2.75, 3.05) is 24.5 Å². The molecule has 5 N–H and O–H groups in total. The van der Waals surface area contributed by atoms with Crippen LogP contribution in [0.2, 0.25) is 0 Å². The van der Waals surface area contributed by atoms with E-state index in [0.717, 1.165) is 31.3 Å². The van der Waals surface area contributed by atoms with Gasteiger partial charge in [-0.05, 0) is 43.2 Å². The Bertz CT molecular complexity index is 1090. The van der Waals surface area contributed by atoms with Crippen molar-refractivity contribution in [3.63, 3.8) is 0 Å². The number of carbonyl (C=O) groups excluding carboxylic acids is 2. The second kappa shape index (κ2) is 11.7. The summed E-state index contributed by atoms with van der Waals surface area (Å²) in [4.78, 5) is 30.2. The van der Waals surface area contributed by atoms with Crippen LogP contribution < -0.4 is 21.7 Å². The number of hydrogen-bond donors (Lipinski definition) is 3. The number of pyridine rings is 1. The molecule has 0 saturated carbocycles. The monoisotopic (exact) mass is 479 g/mol. The first-order valence-electron chi connectivity index (χ1n) is 11.4. The fourth-order valence-electron chi connectivity index (χ4n) is 4.27. The first kappa shape index (κ1) is 25.3. The number of rotatable bonds is 9. The smallest absolute Gasteiger partial charge is 0.235 e. The molecular weight excluding hydrogens is 450 g/mol. The van der Waals surface area contributed by atoms with E-state index in [1.807, 2.05) is 30.1 Å². The number of hydrogen-bond acceptors (Lipinski definition) is 8. The first-order valence-corrected chi connectivity index (χ1v) is 12.2. The second-order valence-corrected chi connectivity index (χ2v) is 9.33. The van der Waals surface area contributed by atoms with Crippen LogP contribution in [0.5, 0.6) is 0 Å². The third kappa shape index (κ3) is 5.77. The van der Waals surface area contributed by atoms with Gasteiger partial charge in [-0.2, -0.15) is 10.5 Å². The van der Waals surface area contributed by atoms with Gasteiger partial charge in [0.25, 0.3) is 0 Å². The van der Waals surface area contributed by atoms with Gasteiger partial charge in [-0.3, -0.25) is 9.59 Å². The number of aromatic nitrogens is 1. The van der Waals surface area contributed by atoms with Crippen molar-refractivity contribution in [1.82, 2.24) is 10.3 Å². The Morgan fingerprint density at radius 2 is 1.94 bits per heavy atom. The van der Waals surface area contributed by atoms with Gasteiger partial charge in [-0.25, -0.2) is 4.98 Å². The number of primary amides is 2. The maximum absolute atomic E-state index is 12.3. The molecular formula is C24H29N7O2S. The zero-order chi connectivity index (χ0) is 24.7. The lowest BCUT2D eigenvalue weighted by molar-refractivity contribution is -0.118. The molecule has 0 radical (unpaired) electrons. The number of nitrogens with zero attached hydrogens (tertiary/aromatic N) is 4. The Hall–Kier alpha value is -3.34. The molecule has 34 heavy (non-hydrogen) atoms. The highest BCUT2D eigenvalue weighted by atomic mass is 32.2. The fraction of sp³-hybridized carbons (Fsp3) is 0.458. The van der Waals surface area contributed by atoms with Crippen molar-refractivity contribution in [2.45, 2.75) is 55.3 Å². The lowest BCUT2D eigenvalue weighted by Gasteiger charge is -2.34. The van der Waals surface area contributed by atoms with Crippen molar-refractivity contribution in [3.05, 3.63) is 40.5 Å². The van der Waals surface area contributed by atoms with Gasteiger partial charge in [0.2, 0.25) is 11.8 Å². The molecule has 178 valence electrons. The maximum Gasteiger partial charge on any atom is 0.235 e. The van der Waals surface area contributed by atoms with Crippen molar-refractivity contribution < 1.29 is 9.59 Å². The van der Waals surface area contributed by atoms with Crippen LogP contribution >= 0.6 is 11.8 Å². The van der Waals surface area contributed by atoms with Gasteiger partial charge in [0.05, 0.1) is 17.7 Å². The van der Waals surface area contributed by atoms with Gasteiger partial charge in [0.1, 0.15) is 28.2 Å². The third-order valence-corrected chi connectivity index (χ3v) is 7.26. The summed E-state index contributed by atoms with van der Waals surface area (Å²) in [6.45, 7) is 3.28. The first-order chi connectivity index (χ1) is 16.4. The summed E-state index contributed by atoms with van der Waals surface area (Å²) in [5, 5.41) is 22.8. The Balaban J connectivity index is 1.96. The number of nitrogens with two attached hydrogens (primary N) is 2. The highest BCUT2D eigenvalue weighted by Gasteiger charge is 2.29. The van der Waals surface area contributed by atoms with Gasteiger partial charge >= 0.3 is 0 Å². The highest BCUT2D eigenvalue weighted by molar-refractivity contribution is 8.00. The number of nitrogens with one attached hydrogen (secondary N) is 1. The van der Waals surface area contributed by atoms with E-state index in [2.05, 4.69) is 17.5 Å². The van der Waals surface area contributed by atoms with E-state index >= 15 is 0 Å². The van der Waals surface area contributed by atoms with Crippen LogP contribution in [0.25, 0.3) is 0 Å². The maximum atomic E-state index is 12.3. The van der Waals surface area contributed by atoms with Crippen LogP contribution in [0, 0.1) is 22.7 Å². The summed E-state index contributed by atoms with van der Waals surface area (Å²) in [6, 6.07) is 4.60. The lowest BCUT2D eigenvalue weighted by atomic mass is 10.00. The Labute approximate surface area is 203 Å². The molecule has 1 aromatic heterocycles. The van der Waals surface area contributed by atoms with Crippen LogP contribution in [0.15, 0.2) is 28.8 Å². The number of carbonyl (C=O) groups is 2. The predicted octanol–water partition coefficient (Wildman–Crippen LogP) is 1.65. The molecule has 0 bridgehead atoms. The van der Waals surface area contributed by atoms with Gasteiger partial charge in [-0.15, -0.1) is 0 Å². The second-order valence-electron chi connectivity index (χ2n) is 8.24. The molecule has 10 heteroatoms. The van der Waals surface area contributed by atoms with Crippen LogP contribution in [-0.4, -0.2) is 47.7 Å². The van der Waals surface area contributed by atoms with E-state index in [-0.39, 0.29) is 12.6 Å². The summed E-state index contributed by atoms with van der Waals surface area (Å²) in [6.07, 6.45) is 9.62. The summed E-state index contributed by atoms with van der Waals surface area (Å²) in [5.74, 6) is -0.381. The summed E-state index contributed by atoms with van der Waals surface area (Å²) in [5.41, 5.74) is 13.1. The highest BCUT2D eigenvalue weighted by Crippen LogP contribution is 2.37. The molecule has 1 saturated heterocycles. The Kier molecular flexibility index (Phi) is 8.69. The van der Waals surface area contributed by atoms with Crippen LogP contribution in [0.1, 0.15) is 49.3 Å². The Morgan fingerprint density at radius 3 is 2.47 bits per heavy atom. The molecule has 1 aliphatic carbocycles. The van der Waals surface area contributed by atoms with Crippen LogP contribution in [0.4, 0.5) is 5.82 Å². The zero-order valence-corrected chi connectivity index (χ0v) is 20.0. The number of allylic oxidation sites excluding steroid dienone is 3. The topological polar surface area (TPSA) is 162 Å². The summed E-state index contributed by atoms with van der Waals surface area (Å²) >= 11 is 1.17. The van der Waals surface area contributed by atoms with Crippen molar-refractivity contribution in [2.24, 2.45) is 11.5 Å². The minimum absolute atomic E-state index is 0.128. The number of anilines is 1. The van der Waals surface area contributed by atoms with E-state index in [9.17, 15) is 20.1 Å². The van der Waals surface area contributed by atoms with E-state index in [1.165, 1.54) is 11.8 Å². The molecule has 3 rings (SSSR count). The standard InChI is InChI=1S/C24H29N7O2S/c1-2-17-18(12-25)23(31-10-8-16(9-11-31)29-14-20(27)32)30-24(19(17)13-26)34-21(22(28)33)15-6-4-3-5-7-15/h4,6-7,16,21,29H,2-3,5,8-11,14H2,1H3,(H2,27,32)(H2,28,33). The summed E-state index contributed by atoms with van der Waals surface area (Å²) in [7, 11) is 0. The molecule has 1 aromatic rings. The molecule has 1 aliphatic heterocycles. The van der Waals surface area contributed by atoms with Crippen LogP contribution in [0.3, 0.4) is 0 Å². The van der Waals surface area contributed by atoms with E-state index in [4.69, 9.17) is 16.5 Å². The van der Waals surface area contributed by atoms with Crippen molar-refractivity contribution >= 4 is 29.4 Å². The number of piperidine rings is 1. The predicted molar refractivity (Wildman–Crippen MR) is 131 cm³/mol.